The molecular weight excluding hydrogens is 329 g/mol. The molecule has 2 aromatic carbocycles. The zero-order valence-electron chi connectivity index (χ0n) is 14.6. The van der Waals surface area contributed by atoms with E-state index < -0.39 is 0 Å². The van der Waals surface area contributed by atoms with Crippen LogP contribution in [0.3, 0.4) is 0 Å². The summed E-state index contributed by atoms with van der Waals surface area (Å²) in [6.45, 7) is 4.19. The lowest BCUT2D eigenvalue weighted by Gasteiger charge is -2.36. The molecule has 0 aliphatic carbocycles. The molecule has 0 bridgehead atoms. The van der Waals surface area contributed by atoms with Crippen molar-refractivity contribution in [1.82, 2.24) is 9.88 Å². The summed E-state index contributed by atoms with van der Waals surface area (Å²) in [4.78, 5) is 9.35. The van der Waals surface area contributed by atoms with Crippen molar-refractivity contribution in [1.29, 1.82) is 0 Å². The number of aliphatic hydroxyl groups is 1. The fourth-order valence-electron chi connectivity index (χ4n) is 3.55. The van der Waals surface area contributed by atoms with E-state index >= 15 is 0 Å². The van der Waals surface area contributed by atoms with Crippen LogP contribution in [-0.4, -0.2) is 41.2 Å². The number of piperazine rings is 1. The van der Waals surface area contributed by atoms with Crippen LogP contribution in [0.1, 0.15) is 11.1 Å². The molecule has 1 aromatic heterocycles. The number of para-hydroxylation sites is 1. The number of hydrogen-bond acceptors (Lipinski definition) is 4. The molecule has 0 unspecified atom stereocenters. The van der Waals surface area contributed by atoms with Crippen LogP contribution in [0.5, 0.6) is 0 Å². The lowest BCUT2D eigenvalue weighted by molar-refractivity contribution is 0.247. The SMILES string of the molecule is OCc1cc2ccccc2nc1N1CCN(Cc2cccc(F)c2)CC1. The monoisotopic (exact) mass is 351 g/mol. The molecule has 0 amide bonds. The molecule has 1 N–H and O–H groups in total. The molecule has 0 spiro atoms. The van der Waals surface area contributed by atoms with E-state index in [4.69, 9.17) is 4.98 Å². The van der Waals surface area contributed by atoms with E-state index in [9.17, 15) is 9.50 Å². The maximum atomic E-state index is 13.4. The minimum absolute atomic E-state index is 0.0172. The third kappa shape index (κ3) is 3.54. The maximum absolute atomic E-state index is 13.4. The van der Waals surface area contributed by atoms with Gasteiger partial charge in [-0.25, -0.2) is 9.37 Å². The highest BCUT2D eigenvalue weighted by atomic mass is 19.1. The first kappa shape index (κ1) is 16.9. The molecular formula is C21H22FN3O. The highest BCUT2D eigenvalue weighted by molar-refractivity contribution is 5.81. The molecule has 0 atom stereocenters. The number of pyridine rings is 1. The van der Waals surface area contributed by atoms with Crippen molar-refractivity contribution in [2.75, 3.05) is 31.1 Å². The van der Waals surface area contributed by atoms with E-state index in [0.29, 0.717) is 0 Å². The van der Waals surface area contributed by atoms with E-state index in [1.54, 1.807) is 12.1 Å². The largest absolute Gasteiger partial charge is 0.392 e. The lowest BCUT2D eigenvalue weighted by atomic mass is 10.1. The van der Waals surface area contributed by atoms with Gasteiger partial charge in [-0.15, -0.1) is 0 Å². The minimum atomic E-state index is -0.186. The second-order valence-corrected chi connectivity index (χ2v) is 6.72. The standard InChI is InChI=1S/C21H22FN3O/c22-19-6-3-4-16(12-19)14-24-8-10-25(11-9-24)21-18(15-26)13-17-5-1-2-7-20(17)23-21/h1-7,12-13,26H,8-11,14-15H2. The Balaban J connectivity index is 1.48. The van der Waals surface area contributed by atoms with Crippen molar-refractivity contribution in [2.45, 2.75) is 13.2 Å². The number of rotatable bonds is 4. The fourth-order valence-corrected chi connectivity index (χ4v) is 3.55. The summed E-state index contributed by atoms with van der Waals surface area (Å²) >= 11 is 0. The second-order valence-electron chi connectivity index (χ2n) is 6.72. The van der Waals surface area contributed by atoms with Crippen LogP contribution in [0.25, 0.3) is 10.9 Å². The molecule has 1 aliphatic heterocycles. The first-order chi connectivity index (χ1) is 12.7. The number of aliphatic hydroxyl groups excluding tert-OH is 1. The number of halogens is 1. The van der Waals surface area contributed by atoms with Crippen LogP contribution in [0.4, 0.5) is 10.2 Å². The van der Waals surface area contributed by atoms with Crippen molar-refractivity contribution in [3.05, 3.63) is 71.5 Å². The summed E-state index contributed by atoms with van der Waals surface area (Å²) in [6.07, 6.45) is 0. The van der Waals surface area contributed by atoms with Crippen molar-refractivity contribution in [3.8, 4) is 0 Å². The topological polar surface area (TPSA) is 39.6 Å². The lowest BCUT2D eigenvalue weighted by Crippen LogP contribution is -2.46. The predicted octanol–water partition coefficient (Wildman–Crippen LogP) is 3.19. The summed E-state index contributed by atoms with van der Waals surface area (Å²) in [5.41, 5.74) is 2.81. The Hall–Kier alpha value is -2.50. The van der Waals surface area contributed by atoms with Gasteiger partial charge in [0.2, 0.25) is 0 Å². The van der Waals surface area contributed by atoms with Gasteiger partial charge in [-0.05, 0) is 29.8 Å². The van der Waals surface area contributed by atoms with Gasteiger partial charge in [-0.2, -0.15) is 0 Å². The van der Waals surface area contributed by atoms with Gasteiger partial charge < -0.3 is 10.0 Å². The summed E-state index contributed by atoms with van der Waals surface area (Å²) in [7, 11) is 0. The predicted molar refractivity (Wildman–Crippen MR) is 102 cm³/mol. The molecule has 1 aliphatic rings. The number of nitrogens with zero attached hydrogens (tertiary/aromatic N) is 3. The van der Waals surface area contributed by atoms with Gasteiger partial charge in [-0.3, -0.25) is 4.90 Å². The fraction of sp³-hybridized carbons (Fsp3) is 0.286. The number of aromatic nitrogens is 1. The average Bonchev–Trinajstić information content (AvgIpc) is 2.67. The Kier molecular flexibility index (Phi) is 4.82. The van der Waals surface area contributed by atoms with Crippen LogP contribution >= 0.6 is 0 Å². The summed E-state index contributed by atoms with van der Waals surface area (Å²) in [5.74, 6) is 0.686. The highest BCUT2D eigenvalue weighted by Gasteiger charge is 2.21. The van der Waals surface area contributed by atoms with E-state index in [0.717, 1.165) is 60.6 Å². The number of anilines is 1. The highest BCUT2D eigenvalue weighted by Crippen LogP contribution is 2.25. The molecule has 0 saturated carbocycles. The van der Waals surface area contributed by atoms with Crippen LogP contribution < -0.4 is 4.90 Å². The van der Waals surface area contributed by atoms with Gasteiger partial charge in [0, 0.05) is 43.7 Å². The van der Waals surface area contributed by atoms with Crippen LogP contribution in [0.15, 0.2) is 54.6 Å². The van der Waals surface area contributed by atoms with Crippen molar-refractivity contribution in [3.63, 3.8) is 0 Å². The second kappa shape index (κ2) is 7.40. The van der Waals surface area contributed by atoms with Gasteiger partial charge >= 0.3 is 0 Å². The molecule has 134 valence electrons. The van der Waals surface area contributed by atoms with Crippen LogP contribution in [-0.2, 0) is 13.2 Å². The first-order valence-corrected chi connectivity index (χ1v) is 8.94. The van der Waals surface area contributed by atoms with E-state index in [1.807, 2.05) is 36.4 Å². The van der Waals surface area contributed by atoms with Gasteiger partial charge in [-0.1, -0.05) is 30.3 Å². The van der Waals surface area contributed by atoms with E-state index in [1.165, 1.54) is 6.07 Å². The molecule has 1 saturated heterocycles. The Bertz CT molecular complexity index is 907. The zero-order valence-corrected chi connectivity index (χ0v) is 14.6. The van der Waals surface area contributed by atoms with Gasteiger partial charge in [0.1, 0.15) is 11.6 Å². The average molecular weight is 351 g/mol. The number of hydrogen-bond donors (Lipinski definition) is 1. The summed E-state index contributed by atoms with van der Waals surface area (Å²) in [6, 6.07) is 16.8. The van der Waals surface area contributed by atoms with Crippen LogP contribution in [0, 0.1) is 5.82 Å². The maximum Gasteiger partial charge on any atom is 0.134 e. The summed E-state index contributed by atoms with van der Waals surface area (Å²) < 4.78 is 13.4. The Labute approximate surface area is 152 Å². The smallest absolute Gasteiger partial charge is 0.134 e. The third-order valence-electron chi connectivity index (χ3n) is 4.92. The van der Waals surface area contributed by atoms with Gasteiger partial charge in [0.15, 0.2) is 0 Å². The van der Waals surface area contributed by atoms with E-state index in [2.05, 4.69) is 9.80 Å². The molecule has 5 heteroatoms. The zero-order chi connectivity index (χ0) is 17.9. The molecule has 2 heterocycles. The Morgan fingerprint density at radius 2 is 1.77 bits per heavy atom. The van der Waals surface area contributed by atoms with Crippen LogP contribution in [0.2, 0.25) is 0 Å². The normalized spacial score (nSPS) is 15.5. The Morgan fingerprint density at radius 3 is 2.54 bits per heavy atom. The van der Waals surface area contributed by atoms with Gasteiger partial charge in [0.05, 0.1) is 12.1 Å². The first-order valence-electron chi connectivity index (χ1n) is 8.94. The number of benzene rings is 2. The van der Waals surface area contributed by atoms with Gasteiger partial charge in [0.25, 0.3) is 0 Å². The van der Waals surface area contributed by atoms with Crippen molar-refractivity contribution >= 4 is 16.7 Å². The molecule has 3 aromatic rings. The Morgan fingerprint density at radius 1 is 0.962 bits per heavy atom. The van der Waals surface area contributed by atoms with E-state index in [-0.39, 0.29) is 12.4 Å². The molecule has 1 fully saturated rings. The molecule has 4 nitrogen and oxygen atoms in total. The van der Waals surface area contributed by atoms with Crippen molar-refractivity contribution < 1.29 is 9.50 Å². The molecule has 26 heavy (non-hydrogen) atoms. The van der Waals surface area contributed by atoms with Crippen molar-refractivity contribution in [2.24, 2.45) is 0 Å². The minimum Gasteiger partial charge on any atom is -0.392 e. The number of fused-ring (bicyclic) bond motifs is 1. The summed E-state index contributed by atoms with van der Waals surface area (Å²) in [5, 5.41) is 10.8. The molecule has 0 radical (unpaired) electrons. The third-order valence-corrected chi connectivity index (χ3v) is 4.92. The quantitative estimate of drug-likeness (QED) is 0.784. The molecule has 4 rings (SSSR count).